The molecule has 57 heavy (non-hydrogen) atoms. The van der Waals surface area contributed by atoms with Crippen LogP contribution in [-0.4, -0.2) is 37.2 Å². The second-order valence-corrected chi connectivity index (χ2v) is 18.4. The van der Waals surface area contributed by atoms with E-state index in [0.717, 1.165) is 69.6 Å². The summed E-state index contributed by atoms with van der Waals surface area (Å²) in [4.78, 5) is 37.9. The molecule has 1 atom stereocenters. The van der Waals surface area contributed by atoms with Crippen LogP contribution in [0.15, 0.2) is 0 Å². The third kappa shape index (κ3) is 45.3. The molecule has 0 aliphatic heterocycles. The molecule has 0 fully saturated rings. The molecule has 0 aliphatic carbocycles. The van der Waals surface area contributed by atoms with Crippen LogP contribution in [0, 0.1) is 11.8 Å². The van der Waals surface area contributed by atoms with Gasteiger partial charge in [-0.3, -0.25) is 14.4 Å². The molecule has 0 aromatic heterocycles. The predicted octanol–water partition coefficient (Wildman–Crippen LogP) is 16.1. The van der Waals surface area contributed by atoms with E-state index < -0.39 is 6.10 Å². The lowest BCUT2D eigenvalue weighted by Gasteiger charge is -2.18. The third-order valence-electron chi connectivity index (χ3n) is 11.5. The standard InChI is InChI=1S/C51H98O6/c1-6-7-8-9-10-11-12-15-21-26-31-36-41-49(52)55-44-48(57-51(54)43-38-33-28-23-18-17-20-25-30-35-40-47(4)5)45-56-50(53)42-37-32-27-22-16-13-14-19-24-29-34-39-46(2)3/h46-48H,6-45H2,1-5H3/t48-/m0/s1. The average molecular weight is 807 g/mol. The van der Waals surface area contributed by atoms with Gasteiger partial charge in [0.15, 0.2) is 6.10 Å². The van der Waals surface area contributed by atoms with Crippen LogP contribution in [0.2, 0.25) is 0 Å². The summed E-state index contributed by atoms with van der Waals surface area (Å²) in [5.74, 6) is 0.793. The Kier molecular flexibility index (Phi) is 42.7. The number of ether oxygens (including phenoxy) is 3. The minimum atomic E-state index is -0.761. The minimum absolute atomic E-state index is 0.0640. The SMILES string of the molecule is CCCCCCCCCCCCCCC(=O)OC[C@@H](COC(=O)CCCCCCCCCCCCCC(C)C)OC(=O)CCCCCCCCCCCCC(C)C. The van der Waals surface area contributed by atoms with E-state index in [0.29, 0.717) is 19.3 Å². The summed E-state index contributed by atoms with van der Waals surface area (Å²) in [7, 11) is 0. The van der Waals surface area contributed by atoms with E-state index in [4.69, 9.17) is 14.2 Å². The number of esters is 3. The molecule has 0 heterocycles. The van der Waals surface area contributed by atoms with Gasteiger partial charge in [0.05, 0.1) is 0 Å². The van der Waals surface area contributed by atoms with E-state index in [1.165, 1.54) is 167 Å². The minimum Gasteiger partial charge on any atom is -0.462 e. The summed E-state index contributed by atoms with van der Waals surface area (Å²) < 4.78 is 16.8. The Morgan fingerprint density at radius 2 is 0.579 bits per heavy atom. The second kappa shape index (κ2) is 44.0. The number of carbonyl (C=O) groups is 3. The quantitative estimate of drug-likeness (QED) is 0.0346. The Morgan fingerprint density at radius 1 is 0.333 bits per heavy atom. The van der Waals surface area contributed by atoms with Crippen molar-refractivity contribution in [2.24, 2.45) is 11.8 Å². The Morgan fingerprint density at radius 3 is 0.860 bits per heavy atom. The molecular weight excluding hydrogens is 709 g/mol. The van der Waals surface area contributed by atoms with Gasteiger partial charge in [0.1, 0.15) is 13.2 Å². The molecule has 0 saturated carbocycles. The van der Waals surface area contributed by atoms with Gasteiger partial charge in [0.25, 0.3) is 0 Å². The molecule has 0 saturated heterocycles. The zero-order valence-corrected chi connectivity index (χ0v) is 39.0. The van der Waals surface area contributed by atoms with Crippen molar-refractivity contribution in [3.8, 4) is 0 Å². The molecule has 0 radical (unpaired) electrons. The topological polar surface area (TPSA) is 78.9 Å². The monoisotopic (exact) mass is 807 g/mol. The van der Waals surface area contributed by atoms with E-state index in [2.05, 4.69) is 34.6 Å². The second-order valence-electron chi connectivity index (χ2n) is 18.4. The first kappa shape index (κ1) is 55.4. The number of carbonyl (C=O) groups excluding carboxylic acids is 3. The van der Waals surface area contributed by atoms with Crippen LogP contribution < -0.4 is 0 Å². The Labute approximate surface area is 355 Å². The van der Waals surface area contributed by atoms with E-state index in [1.807, 2.05) is 0 Å². The maximum Gasteiger partial charge on any atom is 0.306 e. The third-order valence-corrected chi connectivity index (χ3v) is 11.5. The fourth-order valence-corrected chi connectivity index (χ4v) is 7.64. The zero-order chi connectivity index (χ0) is 41.9. The van der Waals surface area contributed by atoms with Crippen molar-refractivity contribution in [2.45, 2.75) is 285 Å². The Balaban J connectivity index is 4.32. The van der Waals surface area contributed by atoms with Crippen molar-refractivity contribution >= 4 is 17.9 Å². The first-order valence-electron chi connectivity index (χ1n) is 25.2. The molecule has 0 aliphatic rings. The lowest BCUT2D eigenvalue weighted by atomic mass is 10.0. The molecule has 338 valence electrons. The smallest absolute Gasteiger partial charge is 0.306 e. The maximum atomic E-state index is 12.8. The fraction of sp³-hybridized carbons (Fsp3) is 0.941. The molecular formula is C51H98O6. The van der Waals surface area contributed by atoms with Gasteiger partial charge in [-0.2, -0.15) is 0 Å². The van der Waals surface area contributed by atoms with E-state index in [-0.39, 0.29) is 31.1 Å². The molecule has 0 rings (SSSR count). The summed E-state index contributed by atoms with van der Waals surface area (Å²) in [6.07, 6.45) is 43.7. The summed E-state index contributed by atoms with van der Waals surface area (Å²) in [6.45, 7) is 11.3. The van der Waals surface area contributed by atoms with Crippen molar-refractivity contribution in [1.29, 1.82) is 0 Å². The zero-order valence-electron chi connectivity index (χ0n) is 39.0. The van der Waals surface area contributed by atoms with Gasteiger partial charge >= 0.3 is 17.9 Å². The van der Waals surface area contributed by atoms with Crippen LogP contribution in [0.3, 0.4) is 0 Å². The van der Waals surface area contributed by atoms with Crippen molar-refractivity contribution in [1.82, 2.24) is 0 Å². The van der Waals surface area contributed by atoms with Crippen molar-refractivity contribution in [3.05, 3.63) is 0 Å². The summed E-state index contributed by atoms with van der Waals surface area (Å²) in [6, 6.07) is 0. The molecule has 0 unspecified atom stereocenters. The lowest BCUT2D eigenvalue weighted by molar-refractivity contribution is -0.167. The van der Waals surface area contributed by atoms with Crippen LogP contribution >= 0.6 is 0 Å². The van der Waals surface area contributed by atoms with Gasteiger partial charge in [0, 0.05) is 19.3 Å². The molecule has 0 N–H and O–H groups in total. The van der Waals surface area contributed by atoms with E-state index >= 15 is 0 Å². The molecule has 0 aromatic carbocycles. The van der Waals surface area contributed by atoms with Gasteiger partial charge in [-0.15, -0.1) is 0 Å². The Hall–Kier alpha value is -1.59. The highest BCUT2D eigenvalue weighted by Gasteiger charge is 2.19. The fourth-order valence-electron chi connectivity index (χ4n) is 7.64. The molecule has 0 spiro atoms. The van der Waals surface area contributed by atoms with Gasteiger partial charge < -0.3 is 14.2 Å². The van der Waals surface area contributed by atoms with Gasteiger partial charge in [-0.05, 0) is 31.1 Å². The van der Waals surface area contributed by atoms with Crippen LogP contribution in [-0.2, 0) is 28.6 Å². The Bertz CT molecular complexity index is 870. The van der Waals surface area contributed by atoms with Gasteiger partial charge in [-0.25, -0.2) is 0 Å². The maximum absolute atomic E-state index is 12.8. The highest BCUT2D eigenvalue weighted by atomic mass is 16.6. The van der Waals surface area contributed by atoms with Crippen molar-refractivity contribution < 1.29 is 28.6 Å². The normalized spacial score (nSPS) is 12.1. The average Bonchev–Trinajstić information content (AvgIpc) is 3.18. The lowest BCUT2D eigenvalue weighted by Crippen LogP contribution is -2.30. The van der Waals surface area contributed by atoms with Crippen LogP contribution in [0.5, 0.6) is 0 Å². The highest BCUT2D eigenvalue weighted by molar-refractivity contribution is 5.71. The van der Waals surface area contributed by atoms with E-state index in [9.17, 15) is 14.4 Å². The number of hydrogen-bond donors (Lipinski definition) is 0. The molecule has 0 amide bonds. The molecule has 0 aromatic rings. The first-order valence-corrected chi connectivity index (χ1v) is 25.2. The van der Waals surface area contributed by atoms with Crippen molar-refractivity contribution in [2.75, 3.05) is 13.2 Å². The number of rotatable bonds is 45. The highest BCUT2D eigenvalue weighted by Crippen LogP contribution is 2.17. The van der Waals surface area contributed by atoms with Crippen LogP contribution in [0.4, 0.5) is 0 Å². The number of unbranched alkanes of at least 4 members (excludes halogenated alkanes) is 30. The number of hydrogen-bond acceptors (Lipinski definition) is 6. The summed E-state index contributed by atoms with van der Waals surface area (Å²) >= 11 is 0. The molecule has 6 nitrogen and oxygen atoms in total. The van der Waals surface area contributed by atoms with Crippen LogP contribution in [0.25, 0.3) is 0 Å². The molecule has 0 bridgehead atoms. The first-order chi connectivity index (χ1) is 27.7. The molecule has 6 heteroatoms. The van der Waals surface area contributed by atoms with Crippen LogP contribution in [0.1, 0.15) is 279 Å². The van der Waals surface area contributed by atoms with Gasteiger partial charge in [-0.1, -0.05) is 240 Å². The summed E-state index contributed by atoms with van der Waals surface area (Å²) in [5.41, 5.74) is 0. The largest absolute Gasteiger partial charge is 0.462 e. The van der Waals surface area contributed by atoms with E-state index in [1.54, 1.807) is 0 Å². The predicted molar refractivity (Wildman–Crippen MR) is 243 cm³/mol. The summed E-state index contributed by atoms with van der Waals surface area (Å²) in [5, 5.41) is 0. The van der Waals surface area contributed by atoms with Crippen molar-refractivity contribution in [3.63, 3.8) is 0 Å². The van der Waals surface area contributed by atoms with Gasteiger partial charge in [0.2, 0.25) is 0 Å².